The zero-order valence-corrected chi connectivity index (χ0v) is 20.2. The second-order valence-corrected chi connectivity index (χ2v) is 9.96. The van der Waals surface area contributed by atoms with Crippen LogP contribution in [0.25, 0.3) is 11.1 Å². The normalized spacial score (nSPS) is 17.1. The van der Waals surface area contributed by atoms with Gasteiger partial charge in [0.05, 0.1) is 5.92 Å². The van der Waals surface area contributed by atoms with Gasteiger partial charge in [-0.1, -0.05) is 74.7 Å². The van der Waals surface area contributed by atoms with E-state index in [0.717, 1.165) is 43.2 Å². The Morgan fingerprint density at radius 1 is 0.971 bits per heavy atom. The maximum Gasteiger partial charge on any atom is 0.407 e. The van der Waals surface area contributed by atoms with Gasteiger partial charge in [0.25, 0.3) is 0 Å². The first-order chi connectivity index (χ1) is 16.9. The third kappa shape index (κ3) is 5.84. The van der Waals surface area contributed by atoms with E-state index < -0.39 is 18.0 Å². The molecule has 0 aliphatic heterocycles. The molecular formula is C28H34N2O5. The van der Waals surface area contributed by atoms with Crippen molar-refractivity contribution in [3.63, 3.8) is 0 Å². The Morgan fingerprint density at radius 2 is 1.57 bits per heavy atom. The molecule has 0 heterocycles. The van der Waals surface area contributed by atoms with Gasteiger partial charge in [-0.2, -0.15) is 0 Å². The molecule has 35 heavy (non-hydrogen) atoms. The van der Waals surface area contributed by atoms with Crippen molar-refractivity contribution >= 4 is 18.0 Å². The summed E-state index contributed by atoms with van der Waals surface area (Å²) in [6, 6.07) is 16.4. The van der Waals surface area contributed by atoms with Gasteiger partial charge in [0.1, 0.15) is 6.61 Å². The fraction of sp³-hybridized carbons (Fsp3) is 0.464. The first-order valence-electron chi connectivity index (χ1n) is 12.5. The molecule has 2 aliphatic rings. The zero-order chi connectivity index (χ0) is 24.8. The van der Waals surface area contributed by atoms with Crippen molar-refractivity contribution in [3.8, 4) is 11.1 Å². The Labute approximate surface area is 206 Å². The Morgan fingerprint density at radius 3 is 2.17 bits per heavy atom. The molecule has 2 aromatic carbocycles. The molecule has 1 saturated carbocycles. The molecule has 4 rings (SSSR count). The Kier molecular flexibility index (Phi) is 7.73. The van der Waals surface area contributed by atoms with E-state index in [1.165, 1.54) is 11.1 Å². The minimum Gasteiger partial charge on any atom is -0.481 e. The van der Waals surface area contributed by atoms with Crippen LogP contribution in [0.1, 0.15) is 62.5 Å². The van der Waals surface area contributed by atoms with Crippen molar-refractivity contribution in [2.24, 2.45) is 11.3 Å². The van der Waals surface area contributed by atoms with E-state index in [2.05, 4.69) is 34.9 Å². The van der Waals surface area contributed by atoms with Crippen molar-refractivity contribution < 1.29 is 24.2 Å². The number of carbonyl (C=O) groups is 3. The number of fused-ring (bicyclic) bond motifs is 3. The number of amides is 2. The molecule has 0 radical (unpaired) electrons. The number of rotatable bonds is 9. The van der Waals surface area contributed by atoms with Crippen LogP contribution in [0.2, 0.25) is 0 Å². The second kappa shape index (κ2) is 10.9. The average Bonchev–Trinajstić information content (AvgIpc) is 3.19. The number of benzene rings is 2. The van der Waals surface area contributed by atoms with Crippen LogP contribution in [0.15, 0.2) is 48.5 Å². The van der Waals surface area contributed by atoms with Gasteiger partial charge in [0.2, 0.25) is 5.91 Å². The summed E-state index contributed by atoms with van der Waals surface area (Å²) >= 11 is 0. The average molecular weight is 479 g/mol. The van der Waals surface area contributed by atoms with Crippen molar-refractivity contribution in [2.45, 2.75) is 51.4 Å². The predicted molar refractivity (Wildman–Crippen MR) is 133 cm³/mol. The highest BCUT2D eigenvalue weighted by Crippen LogP contribution is 2.44. The molecule has 0 spiro atoms. The molecule has 186 valence electrons. The Balaban J connectivity index is 1.33. The van der Waals surface area contributed by atoms with Crippen LogP contribution in [0.3, 0.4) is 0 Å². The molecule has 0 saturated heterocycles. The molecule has 2 aromatic rings. The highest BCUT2D eigenvalue weighted by atomic mass is 16.5. The molecule has 1 unspecified atom stereocenters. The van der Waals surface area contributed by atoms with Crippen molar-refractivity contribution in [2.75, 3.05) is 19.7 Å². The fourth-order valence-electron chi connectivity index (χ4n) is 5.38. The van der Waals surface area contributed by atoms with E-state index in [4.69, 9.17) is 9.84 Å². The van der Waals surface area contributed by atoms with E-state index in [1.807, 2.05) is 24.3 Å². The standard InChI is InChI=1S/C28H34N2O5/c1-19(26(32)33)16-29-25(31)15-28(13-7-2-8-14-28)18-30-27(34)35-17-24-22-11-5-3-9-20(22)21-10-4-6-12-23(21)24/h3-6,9-12,19,24H,2,7-8,13-18H2,1H3,(H,29,31)(H,30,34)(H,32,33). The maximum absolute atomic E-state index is 12.7. The van der Waals surface area contributed by atoms with Crippen LogP contribution >= 0.6 is 0 Å². The SMILES string of the molecule is CC(CNC(=O)CC1(CNC(=O)OCC2c3ccccc3-c3ccccc32)CCCCC1)C(=O)O. The number of carbonyl (C=O) groups excluding carboxylic acids is 2. The highest BCUT2D eigenvalue weighted by molar-refractivity contribution is 5.79. The molecule has 7 heteroatoms. The molecule has 3 N–H and O–H groups in total. The Bertz CT molecular complexity index is 1030. The highest BCUT2D eigenvalue weighted by Gasteiger charge is 2.35. The summed E-state index contributed by atoms with van der Waals surface area (Å²) in [6.07, 6.45) is 4.61. The third-order valence-corrected chi connectivity index (χ3v) is 7.43. The second-order valence-electron chi connectivity index (χ2n) is 9.96. The van der Waals surface area contributed by atoms with E-state index in [0.29, 0.717) is 6.54 Å². The molecular weight excluding hydrogens is 444 g/mol. The number of carboxylic acids is 1. The number of carboxylic acid groups (broad SMARTS) is 1. The molecule has 1 atom stereocenters. The van der Waals surface area contributed by atoms with Crippen molar-refractivity contribution in [3.05, 3.63) is 59.7 Å². The lowest BCUT2D eigenvalue weighted by molar-refractivity contribution is -0.141. The van der Waals surface area contributed by atoms with Crippen molar-refractivity contribution in [1.82, 2.24) is 10.6 Å². The molecule has 2 amide bonds. The molecule has 0 aromatic heterocycles. The number of alkyl carbamates (subject to hydrolysis) is 1. The van der Waals surface area contributed by atoms with Crippen LogP contribution < -0.4 is 10.6 Å². The maximum atomic E-state index is 12.7. The summed E-state index contributed by atoms with van der Waals surface area (Å²) in [7, 11) is 0. The van der Waals surface area contributed by atoms with Gasteiger partial charge < -0.3 is 20.5 Å². The number of nitrogens with one attached hydrogen (secondary N) is 2. The van der Waals surface area contributed by atoms with Gasteiger partial charge in [-0.05, 0) is 40.5 Å². The zero-order valence-electron chi connectivity index (χ0n) is 20.2. The summed E-state index contributed by atoms with van der Waals surface area (Å²) in [5.41, 5.74) is 4.36. The first-order valence-corrected chi connectivity index (χ1v) is 12.5. The number of hydrogen-bond acceptors (Lipinski definition) is 4. The van der Waals surface area contributed by atoms with Crippen LogP contribution in [-0.2, 0) is 14.3 Å². The van der Waals surface area contributed by atoms with Crippen LogP contribution in [0.5, 0.6) is 0 Å². The third-order valence-electron chi connectivity index (χ3n) is 7.43. The minimum atomic E-state index is -0.936. The topological polar surface area (TPSA) is 105 Å². The number of aliphatic carboxylic acids is 1. The smallest absolute Gasteiger partial charge is 0.407 e. The lowest BCUT2D eigenvalue weighted by atomic mass is 9.71. The summed E-state index contributed by atoms with van der Waals surface area (Å²) in [6.45, 7) is 2.29. The van der Waals surface area contributed by atoms with Gasteiger partial charge in [-0.25, -0.2) is 4.79 Å². The lowest BCUT2D eigenvalue weighted by Crippen LogP contribution is -2.43. The Hall–Kier alpha value is -3.35. The molecule has 0 bridgehead atoms. The van der Waals surface area contributed by atoms with Gasteiger partial charge in [-0.3, -0.25) is 9.59 Å². The van der Waals surface area contributed by atoms with Gasteiger partial charge >= 0.3 is 12.1 Å². The molecule has 7 nitrogen and oxygen atoms in total. The minimum absolute atomic E-state index is 0.00112. The number of ether oxygens (including phenoxy) is 1. The van der Waals surface area contributed by atoms with Gasteiger partial charge in [-0.15, -0.1) is 0 Å². The quantitative estimate of drug-likeness (QED) is 0.484. The van der Waals surface area contributed by atoms with Crippen LogP contribution in [0.4, 0.5) is 4.79 Å². The van der Waals surface area contributed by atoms with E-state index in [-0.39, 0.29) is 36.8 Å². The predicted octanol–water partition coefficient (Wildman–Crippen LogP) is 4.70. The lowest BCUT2D eigenvalue weighted by Gasteiger charge is -2.37. The van der Waals surface area contributed by atoms with E-state index >= 15 is 0 Å². The first kappa shape index (κ1) is 24.8. The fourth-order valence-corrected chi connectivity index (χ4v) is 5.38. The number of hydrogen-bond donors (Lipinski definition) is 3. The van der Waals surface area contributed by atoms with Crippen LogP contribution in [-0.4, -0.2) is 42.8 Å². The van der Waals surface area contributed by atoms with Gasteiger partial charge in [0, 0.05) is 25.4 Å². The summed E-state index contributed by atoms with van der Waals surface area (Å²) in [5, 5.41) is 14.7. The van der Waals surface area contributed by atoms with Gasteiger partial charge in [0.15, 0.2) is 0 Å². The monoisotopic (exact) mass is 478 g/mol. The molecule has 1 fully saturated rings. The molecule has 2 aliphatic carbocycles. The largest absolute Gasteiger partial charge is 0.481 e. The van der Waals surface area contributed by atoms with E-state index in [9.17, 15) is 14.4 Å². The van der Waals surface area contributed by atoms with Crippen LogP contribution in [0, 0.1) is 11.3 Å². The summed E-state index contributed by atoms with van der Waals surface area (Å²) in [5.74, 6) is -1.75. The summed E-state index contributed by atoms with van der Waals surface area (Å²) in [4.78, 5) is 36.3. The summed E-state index contributed by atoms with van der Waals surface area (Å²) < 4.78 is 5.67. The van der Waals surface area contributed by atoms with Crippen molar-refractivity contribution in [1.29, 1.82) is 0 Å². The van der Waals surface area contributed by atoms with E-state index in [1.54, 1.807) is 6.92 Å².